The van der Waals surface area contributed by atoms with Crippen molar-refractivity contribution in [3.63, 3.8) is 0 Å². The third kappa shape index (κ3) is 1.85. The molecule has 1 fully saturated rings. The Balaban J connectivity index is 2.51. The summed E-state index contributed by atoms with van der Waals surface area (Å²) in [6.45, 7) is 3.80. The van der Waals surface area contributed by atoms with Crippen molar-refractivity contribution in [2.24, 2.45) is 0 Å². The molecule has 5 nitrogen and oxygen atoms in total. The molecule has 1 aromatic carbocycles. The number of nitrogens with zero attached hydrogens (tertiary/aromatic N) is 1. The van der Waals surface area contributed by atoms with Gasteiger partial charge < -0.3 is 10.1 Å². The number of nitrogens with one attached hydrogen (secondary N) is 1. The Morgan fingerprint density at radius 3 is 2.47 bits per heavy atom. The van der Waals surface area contributed by atoms with Gasteiger partial charge in [-0.15, -0.1) is 0 Å². The van der Waals surface area contributed by atoms with E-state index in [0.29, 0.717) is 6.42 Å². The van der Waals surface area contributed by atoms with Crippen molar-refractivity contribution in [1.29, 1.82) is 0 Å². The molecule has 1 aliphatic heterocycles. The summed E-state index contributed by atoms with van der Waals surface area (Å²) in [6.07, 6.45) is 0.508. The van der Waals surface area contributed by atoms with Crippen molar-refractivity contribution < 1.29 is 14.3 Å². The highest BCUT2D eigenvalue weighted by Gasteiger charge is 2.49. The quantitative estimate of drug-likeness (QED) is 0.845. The molecule has 3 amide bonds. The highest BCUT2D eigenvalue weighted by atomic mass is 16.5. The number of ether oxygens (including phenoxy) is 1. The van der Waals surface area contributed by atoms with E-state index in [-0.39, 0.29) is 11.9 Å². The summed E-state index contributed by atoms with van der Waals surface area (Å²) in [5.41, 5.74) is 0.767. The predicted molar refractivity (Wildman–Crippen MR) is 71.0 cm³/mol. The Hall–Kier alpha value is -2.04. The van der Waals surface area contributed by atoms with Crippen molar-refractivity contribution in [1.82, 2.24) is 10.2 Å². The zero-order valence-corrected chi connectivity index (χ0v) is 11.6. The lowest BCUT2D eigenvalue weighted by molar-refractivity contribution is -0.130. The van der Waals surface area contributed by atoms with E-state index >= 15 is 0 Å². The fourth-order valence-electron chi connectivity index (χ4n) is 2.48. The van der Waals surface area contributed by atoms with E-state index in [1.807, 2.05) is 32.0 Å². The lowest BCUT2D eigenvalue weighted by Crippen LogP contribution is -2.43. The third-order valence-corrected chi connectivity index (χ3v) is 3.71. The summed E-state index contributed by atoms with van der Waals surface area (Å²) in [4.78, 5) is 25.2. The van der Waals surface area contributed by atoms with E-state index in [2.05, 4.69) is 5.32 Å². The molecule has 0 radical (unpaired) electrons. The molecule has 2 rings (SSSR count). The second kappa shape index (κ2) is 4.57. The molecular weight excluding hydrogens is 244 g/mol. The molecule has 1 N–H and O–H groups in total. The topological polar surface area (TPSA) is 58.6 Å². The second-order valence-corrected chi connectivity index (χ2v) is 4.74. The van der Waals surface area contributed by atoms with Crippen LogP contribution >= 0.6 is 0 Å². The van der Waals surface area contributed by atoms with Gasteiger partial charge in [0.05, 0.1) is 7.11 Å². The number of imide groups is 1. The van der Waals surface area contributed by atoms with Gasteiger partial charge in [-0.05, 0) is 36.6 Å². The molecule has 5 heteroatoms. The number of hydrogen-bond acceptors (Lipinski definition) is 3. The highest BCUT2D eigenvalue weighted by Crippen LogP contribution is 2.33. The molecule has 0 aromatic heterocycles. The van der Waals surface area contributed by atoms with Gasteiger partial charge in [0, 0.05) is 7.05 Å². The maximum absolute atomic E-state index is 12.3. The van der Waals surface area contributed by atoms with Gasteiger partial charge in [0.2, 0.25) is 0 Å². The van der Waals surface area contributed by atoms with Gasteiger partial charge >= 0.3 is 6.03 Å². The molecule has 102 valence electrons. The van der Waals surface area contributed by atoms with Gasteiger partial charge in [0.25, 0.3) is 5.91 Å². The Bertz CT molecular complexity index is 541. The van der Waals surface area contributed by atoms with Crippen LogP contribution in [0.2, 0.25) is 0 Å². The first kappa shape index (κ1) is 13.4. The number of hydrogen-bond donors (Lipinski definition) is 1. The third-order valence-electron chi connectivity index (χ3n) is 3.71. The number of aryl methyl sites for hydroxylation is 1. The Kier molecular flexibility index (Phi) is 3.22. The van der Waals surface area contributed by atoms with Crippen LogP contribution in [-0.2, 0) is 10.3 Å². The number of benzene rings is 1. The summed E-state index contributed by atoms with van der Waals surface area (Å²) in [5.74, 6) is 0.546. The minimum Gasteiger partial charge on any atom is -0.496 e. The normalized spacial score (nSPS) is 22.6. The second-order valence-electron chi connectivity index (χ2n) is 4.74. The number of likely N-dealkylation sites (N-methyl/N-ethyl adjacent to an activating group) is 1. The standard InChI is InChI=1S/C14H18N2O3/c1-5-14(12(17)16(3)13(18)15-14)10-6-7-11(19-4)9(2)8-10/h6-8H,5H2,1-4H3,(H,15,18). The van der Waals surface area contributed by atoms with E-state index in [1.165, 1.54) is 7.05 Å². The maximum Gasteiger partial charge on any atom is 0.325 e. The fraction of sp³-hybridized carbons (Fsp3) is 0.429. The van der Waals surface area contributed by atoms with Crippen molar-refractivity contribution >= 4 is 11.9 Å². The molecule has 1 unspecified atom stereocenters. The number of carbonyl (C=O) groups is 2. The number of carbonyl (C=O) groups excluding carboxylic acids is 2. The first-order valence-corrected chi connectivity index (χ1v) is 6.21. The number of urea groups is 1. The van der Waals surface area contributed by atoms with Gasteiger partial charge in [-0.2, -0.15) is 0 Å². The monoisotopic (exact) mass is 262 g/mol. The van der Waals surface area contributed by atoms with Crippen LogP contribution in [0.3, 0.4) is 0 Å². The summed E-state index contributed by atoms with van der Waals surface area (Å²) in [6, 6.07) is 5.17. The molecule has 19 heavy (non-hydrogen) atoms. The number of rotatable bonds is 3. The van der Waals surface area contributed by atoms with Crippen LogP contribution in [0, 0.1) is 6.92 Å². The Morgan fingerprint density at radius 2 is 2.05 bits per heavy atom. The summed E-state index contributed by atoms with van der Waals surface area (Å²) in [7, 11) is 3.10. The van der Waals surface area contributed by atoms with Crippen molar-refractivity contribution in [2.75, 3.05) is 14.2 Å². The van der Waals surface area contributed by atoms with Gasteiger partial charge in [-0.3, -0.25) is 9.69 Å². The van der Waals surface area contributed by atoms with E-state index in [0.717, 1.165) is 21.8 Å². The summed E-state index contributed by atoms with van der Waals surface area (Å²) in [5, 5.41) is 2.79. The minimum absolute atomic E-state index is 0.218. The zero-order valence-electron chi connectivity index (χ0n) is 11.6. The van der Waals surface area contributed by atoms with Gasteiger partial charge in [0.1, 0.15) is 11.3 Å². The van der Waals surface area contributed by atoms with Crippen LogP contribution in [0.5, 0.6) is 5.75 Å². The van der Waals surface area contributed by atoms with Gasteiger partial charge in [0.15, 0.2) is 0 Å². The molecule has 1 saturated heterocycles. The minimum atomic E-state index is -0.955. The average Bonchev–Trinajstić information content (AvgIpc) is 2.63. The van der Waals surface area contributed by atoms with Crippen molar-refractivity contribution in [3.8, 4) is 5.75 Å². The average molecular weight is 262 g/mol. The van der Waals surface area contributed by atoms with Crippen LogP contribution in [0.1, 0.15) is 24.5 Å². The van der Waals surface area contributed by atoms with Crippen molar-refractivity contribution in [2.45, 2.75) is 25.8 Å². The molecule has 1 heterocycles. The highest BCUT2D eigenvalue weighted by molar-refractivity contribution is 6.07. The summed E-state index contributed by atoms with van der Waals surface area (Å²) < 4.78 is 5.22. The number of amides is 3. The van der Waals surface area contributed by atoms with Crippen LogP contribution in [0.25, 0.3) is 0 Å². The molecule has 1 aliphatic rings. The SMILES string of the molecule is CCC1(c2ccc(OC)c(C)c2)NC(=O)N(C)C1=O. The molecular formula is C14H18N2O3. The van der Waals surface area contributed by atoms with Crippen LogP contribution < -0.4 is 10.1 Å². The molecule has 1 atom stereocenters. The van der Waals surface area contributed by atoms with E-state index in [1.54, 1.807) is 7.11 Å². The molecule has 0 aliphatic carbocycles. The fourth-order valence-corrected chi connectivity index (χ4v) is 2.48. The van der Waals surface area contributed by atoms with E-state index in [9.17, 15) is 9.59 Å². The lowest BCUT2D eigenvalue weighted by atomic mass is 9.86. The van der Waals surface area contributed by atoms with Crippen molar-refractivity contribution in [3.05, 3.63) is 29.3 Å². The number of methoxy groups -OCH3 is 1. The molecule has 1 aromatic rings. The molecule has 0 saturated carbocycles. The first-order chi connectivity index (χ1) is 8.96. The molecule has 0 spiro atoms. The van der Waals surface area contributed by atoms with E-state index < -0.39 is 5.54 Å². The van der Waals surface area contributed by atoms with Gasteiger partial charge in [-0.25, -0.2) is 4.79 Å². The smallest absolute Gasteiger partial charge is 0.325 e. The van der Waals surface area contributed by atoms with Crippen LogP contribution in [0.4, 0.5) is 4.79 Å². The van der Waals surface area contributed by atoms with Crippen LogP contribution in [-0.4, -0.2) is 31.0 Å². The van der Waals surface area contributed by atoms with Gasteiger partial charge in [-0.1, -0.05) is 13.0 Å². The first-order valence-electron chi connectivity index (χ1n) is 6.21. The van der Waals surface area contributed by atoms with Crippen LogP contribution in [0.15, 0.2) is 18.2 Å². The Labute approximate surface area is 112 Å². The lowest BCUT2D eigenvalue weighted by Gasteiger charge is -2.26. The largest absolute Gasteiger partial charge is 0.496 e. The molecule has 0 bridgehead atoms. The Morgan fingerprint density at radius 1 is 1.37 bits per heavy atom. The summed E-state index contributed by atoms with van der Waals surface area (Å²) >= 11 is 0. The zero-order chi connectivity index (χ0) is 14.2. The predicted octanol–water partition coefficient (Wildman–Crippen LogP) is 1.79. The maximum atomic E-state index is 12.3. The van der Waals surface area contributed by atoms with E-state index in [4.69, 9.17) is 4.74 Å².